The molecular formula is C13H21NS. The van der Waals surface area contributed by atoms with Crippen LogP contribution in [0.2, 0.25) is 0 Å². The van der Waals surface area contributed by atoms with Crippen LogP contribution in [0.15, 0.2) is 29.2 Å². The summed E-state index contributed by atoms with van der Waals surface area (Å²) in [5, 5.41) is 3.36. The summed E-state index contributed by atoms with van der Waals surface area (Å²) in [6.45, 7) is 4.41. The van der Waals surface area contributed by atoms with Crippen LogP contribution in [0.3, 0.4) is 0 Å². The molecule has 0 aliphatic rings. The Bertz CT molecular complexity index is 268. The Kier molecular flexibility index (Phi) is 5.81. The van der Waals surface area contributed by atoms with Crippen molar-refractivity contribution in [3.8, 4) is 0 Å². The van der Waals surface area contributed by atoms with Crippen molar-refractivity contribution in [1.29, 1.82) is 0 Å². The lowest BCUT2D eigenvalue weighted by atomic mass is 10.0. The highest BCUT2D eigenvalue weighted by Gasteiger charge is 2.06. The zero-order chi connectivity index (χ0) is 11.1. The summed E-state index contributed by atoms with van der Waals surface area (Å²) >= 11 is 1.90. The molecule has 1 N–H and O–H groups in total. The number of hydrogen-bond donors (Lipinski definition) is 1. The van der Waals surface area contributed by atoms with Crippen LogP contribution in [0, 0.1) is 0 Å². The number of thioether (sulfide) groups is 1. The van der Waals surface area contributed by atoms with Crippen molar-refractivity contribution in [3.63, 3.8) is 0 Å². The third kappa shape index (κ3) is 3.88. The minimum atomic E-state index is 0.510. The predicted octanol–water partition coefficient (Wildman–Crippen LogP) is 3.86. The molecule has 0 bridgehead atoms. The van der Waals surface area contributed by atoms with Gasteiger partial charge >= 0.3 is 0 Å². The summed E-state index contributed by atoms with van der Waals surface area (Å²) in [7, 11) is 2.04. The maximum absolute atomic E-state index is 3.36. The van der Waals surface area contributed by atoms with Gasteiger partial charge < -0.3 is 5.32 Å². The molecule has 0 spiro atoms. The van der Waals surface area contributed by atoms with Crippen molar-refractivity contribution in [3.05, 3.63) is 29.8 Å². The Morgan fingerprint density at radius 2 is 1.87 bits per heavy atom. The summed E-state index contributed by atoms with van der Waals surface area (Å²) in [6, 6.07) is 9.45. The Balaban J connectivity index is 2.68. The van der Waals surface area contributed by atoms with Gasteiger partial charge in [-0.05, 0) is 36.9 Å². The Morgan fingerprint density at radius 3 is 2.33 bits per heavy atom. The second kappa shape index (κ2) is 6.91. The van der Waals surface area contributed by atoms with Crippen molar-refractivity contribution in [2.24, 2.45) is 0 Å². The molecule has 1 aromatic rings. The van der Waals surface area contributed by atoms with Gasteiger partial charge in [0.15, 0.2) is 0 Å². The first-order valence-corrected chi connectivity index (χ1v) is 6.70. The summed E-state index contributed by atoms with van der Waals surface area (Å²) in [5.41, 5.74) is 1.40. The molecule has 0 amide bonds. The maximum atomic E-state index is 3.36. The van der Waals surface area contributed by atoms with Gasteiger partial charge in [0.25, 0.3) is 0 Å². The van der Waals surface area contributed by atoms with Crippen LogP contribution in [0.1, 0.15) is 38.3 Å². The first kappa shape index (κ1) is 12.6. The largest absolute Gasteiger partial charge is 0.313 e. The fourth-order valence-electron chi connectivity index (χ4n) is 1.73. The first-order chi connectivity index (χ1) is 7.31. The van der Waals surface area contributed by atoms with Crippen LogP contribution in [-0.2, 0) is 0 Å². The van der Waals surface area contributed by atoms with Crippen molar-refractivity contribution in [2.75, 3.05) is 12.8 Å². The van der Waals surface area contributed by atoms with E-state index in [4.69, 9.17) is 0 Å². The first-order valence-electron chi connectivity index (χ1n) is 5.71. The molecule has 0 aliphatic carbocycles. The van der Waals surface area contributed by atoms with Gasteiger partial charge in [-0.1, -0.05) is 32.4 Å². The lowest BCUT2D eigenvalue weighted by Gasteiger charge is -2.15. The second-order valence-electron chi connectivity index (χ2n) is 3.63. The van der Waals surface area contributed by atoms with Crippen molar-refractivity contribution in [2.45, 2.75) is 37.6 Å². The smallest absolute Gasteiger partial charge is 0.0317 e. The lowest BCUT2D eigenvalue weighted by Crippen LogP contribution is -2.15. The van der Waals surface area contributed by atoms with Crippen LogP contribution in [0.5, 0.6) is 0 Å². The van der Waals surface area contributed by atoms with Gasteiger partial charge in [0.05, 0.1) is 0 Å². The average Bonchev–Trinajstić information content (AvgIpc) is 2.28. The van der Waals surface area contributed by atoms with Gasteiger partial charge in [0.2, 0.25) is 0 Å². The molecule has 0 aromatic heterocycles. The van der Waals surface area contributed by atoms with E-state index in [1.807, 2.05) is 18.8 Å². The van der Waals surface area contributed by atoms with Crippen LogP contribution < -0.4 is 5.32 Å². The Hall–Kier alpha value is -0.470. The molecule has 2 heteroatoms. The van der Waals surface area contributed by atoms with E-state index in [2.05, 4.69) is 43.4 Å². The van der Waals surface area contributed by atoms with E-state index in [-0.39, 0.29) is 0 Å². The summed E-state index contributed by atoms with van der Waals surface area (Å²) in [4.78, 5) is 1.37. The van der Waals surface area contributed by atoms with Crippen molar-refractivity contribution < 1.29 is 0 Å². The zero-order valence-corrected chi connectivity index (χ0v) is 10.7. The molecule has 1 nitrogen and oxygen atoms in total. The van der Waals surface area contributed by atoms with Gasteiger partial charge in [-0.15, -0.1) is 11.8 Å². The highest BCUT2D eigenvalue weighted by atomic mass is 32.2. The number of nitrogens with one attached hydrogen (secondary N) is 1. The number of hydrogen-bond acceptors (Lipinski definition) is 2. The third-order valence-electron chi connectivity index (χ3n) is 2.52. The van der Waals surface area contributed by atoms with Gasteiger partial charge in [-0.2, -0.15) is 0 Å². The molecular weight excluding hydrogens is 202 g/mol. The predicted molar refractivity (Wildman–Crippen MR) is 69.5 cm³/mol. The fourth-order valence-corrected chi connectivity index (χ4v) is 2.39. The molecule has 1 unspecified atom stereocenters. The minimum Gasteiger partial charge on any atom is -0.313 e. The summed E-state index contributed by atoms with van der Waals surface area (Å²) in [5.74, 6) is 1.14. The molecule has 84 valence electrons. The van der Waals surface area contributed by atoms with E-state index in [9.17, 15) is 0 Å². The summed E-state index contributed by atoms with van der Waals surface area (Å²) in [6.07, 6.45) is 2.42. The topological polar surface area (TPSA) is 12.0 Å². The number of benzene rings is 1. The normalized spacial score (nSPS) is 12.7. The summed E-state index contributed by atoms with van der Waals surface area (Å²) < 4.78 is 0. The quantitative estimate of drug-likeness (QED) is 0.735. The molecule has 0 saturated heterocycles. The van der Waals surface area contributed by atoms with Gasteiger partial charge in [-0.25, -0.2) is 0 Å². The van der Waals surface area contributed by atoms with E-state index >= 15 is 0 Å². The molecule has 0 fully saturated rings. The van der Waals surface area contributed by atoms with Crippen molar-refractivity contribution >= 4 is 11.8 Å². The SMILES string of the molecule is CCCC(NC)c1ccc(SCC)cc1. The van der Waals surface area contributed by atoms with Gasteiger partial charge in [-0.3, -0.25) is 0 Å². The van der Waals surface area contributed by atoms with Crippen LogP contribution in [0.4, 0.5) is 0 Å². The monoisotopic (exact) mass is 223 g/mol. The molecule has 0 radical (unpaired) electrons. The molecule has 0 heterocycles. The highest BCUT2D eigenvalue weighted by Crippen LogP contribution is 2.22. The molecule has 0 aliphatic heterocycles. The van der Waals surface area contributed by atoms with E-state index < -0.39 is 0 Å². The molecule has 1 rings (SSSR count). The van der Waals surface area contributed by atoms with E-state index in [1.54, 1.807) is 0 Å². The van der Waals surface area contributed by atoms with Crippen LogP contribution in [0.25, 0.3) is 0 Å². The second-order valence-corrected chi connectivity index (χ2v) is 4.97. The molecule has 0 saturated carbocycles. The van der Waals surface area contributed by atoms with Crippen molar-refractivity contribution in [1.82, 2.24) is 5.32 Å². The van der Waals surface area contributed by atoms with Gasteiger partial charge in [0.1, 0.15) is 0 Å². The zero-order valence-electron chi connectivity index (χ0n) is 9.92. The molecule has 1 atom stereocenters. The minimum absolute atomic E-state index is 0.510. The maximum Gasteiger partial charge on any atom is 0.0317 e. The molecule has 1 aromatic carbocycles. The van der Waals surface area contributed by atoms with E-state index in [0.29, 0.717) is 6.04 Å². The number of rotatable bonds is 6. The van der Waals surface area contributed by atoms with E-state index in [0.717, 1.165) is 5.75 Å². The average molecular weight is 223 g/mol. The Morgan fingerprint density at radius 1 is 1.20 bits per heavy atom. The van der Waals surface area contributed by atoms with E-state index in [1.165, 1.54) is 23.3 Å². The van der Waals surface area contributed by atoms with Crippen LogP contribution in [-0.4, -0.2) is 12.8 Å². The molecule has 15 heavy (non-hydrogen) atoms. The lowest BCUT2D eigenvalue weighted by molar-refractivity contribution is 0.541. The van der Waals surface area contributed by atoms with Crippen LogP contribution >= 0.6 is 11.8 Å². The highest BCUT2D eigenvalue weighted by molar-refractivity contribution is 7.99. The fraction of sp³-hybridized carbons (Fsp3) is 0.538. The standard InChI is InChI=1S/C13H21NS/c1-4-6-13(14-3)11-7-9-12(10-8-11)15-5-2/h7-10,13-14H,4-6H2,1-3H3. The Labute approximate surface area is 97.7 Å². The third-order valence-corrected chi connectivity index (χ3v) is 3.41. The van der Waals surface area contributed by atoms with Gasteiger partial charge in [0, 0.05) is 10.9 Å².